The zero-order valence-corrected chi connectivity index (χ0v) is 24.0. The average Bonchev–Trinajstić information content (AvgIpc) is 3.35. The second-order valence-corrected chi connectivity index (χ2v) is 11.6. The van der Waals surface area contributed by atoms with E-state index in [1.54, 1.807) is 7.11 Å². The SMILES string of the molecule is COc1ccc2cc(/C=C/c3cc4[n+](c5ccccc35)CCCc3ccc5c(c3-4)-c3cccc[n+]3CCC5)ccc2c1. The van der Waals surface area contributed by atoms with Crippen molar-refractivity contribution in [2.24, 2.45) is 0 Å². The summed E-state index contributed by atoms with van der Waals surface area (Å²) in [5.74, 6) is 0.888. The van der Waals surface area contributed by atoms with Gasteiger partial charge in [0.2, 0.25) is 16.9 Å². The normalized spacial score (nSPS) is 14.1. The van der Waals surface area contributed by atoms with Crippen molar-refractivity contribution in [3.05, 3.63) is 126 Å². The minimum absolute atomic E-state index is 0.888. The molecule has 204 valence electrons. The molecule has 8 rings (SSSR count). The van der Waals surface area contributed by atoms with E-state index in [0.29, 0.717) is 0 Å². The van der Waals surface area contributed by atoms with Gasteiger partial charge in [0.25, 0.3) is 0 Å². The van der Waals surface area contributed by atoms with Crippen molar-refractivity contribution in [2.75, 3.05) is 7.11 Å². The smallest absolute Gasteiger partial charge is 0.214 e. The number of fused-ring (bicyclic) bond motifs is 10. The number of hydrogen-bond donors (Lipinski definition) is 0. The largest absolute Gasteiger partial charge is 0.497 e. The molecule has 0 unspecified atom stereocenters. The Morgan fingerprint density at radius 1 is 0.667 bits per heavy atom. The van der Waals surface area contributed by atoms with Gasteiger partial charge >= 0.3 is 0 Å². The summed E-state index contributed by atoms with van der Waals surface area (Å²) in [7, 11) is 1.72. The van der Waals surface area contributed by atoms with Crippen LogP contribution in [0, 0.1) is 0 Å². The van der Waals surface area contributed by atoms with Crippen LogP contribution in [0.5, 0.6) is 5.75 Å². The van der Waals surface area contributed by atoms with E-state index in [4.69, 9.17) is 4.74 Å². The Bertz CT molecular complexity index is 2040. The summed E-state index contributed by atoms with van der Waals surface area (Å²) in [6, 6.07) is 35.8. The number of hydrogen-bond acceptors (Lipinski definition) is 1. The zero-order valence-electron chi connectivity index (χ0n) is 24.0. The van der Waals surface area contributed by atoms with E-state index in [1.807, 2.05) is 6.07 Å². The molecule has 0 saturated heterocycles. The first-order chi connectivity index (χ1) is 20.8. The minimum atomic E-state index is 0.888. The number of nitrogens with zero attached hydrogens (tertiary/aromatic N) is 2. The molecule has 0 spiro atoms. The van der Waals surface area contributed by atoms with Gasteiger partial charge in [0, 0.05) is 37.1 Å². The highest BCUT2D eigenvalue weighted by Gasteiger charge is 2.32. The molecule has 4 heterocycles. The number of methoxy groups -OCH3 is 1. The van der Waals surface area contributed by atoms with E-state index in [9.17, 15) is 0 Å². The summed E-state index contributed by atoms with van der Waals surface area (Å²) < 4.78 is 10.5. The molecule has 0 saturated carbocycles. The minimum Gasteiger partial charge on any atom is -0.497 e. The van der Waals surface area contributed by atoms with Gasteiger partial charge in [-0.1, -0.05) is 54.6 Å². The summed E-state index contributed by atoms with van der Waals surface area (Å²) in [6.07, 6.45) is 11.3. The van der Waals surface area contributed by atoms with Crippen molar-refractivity contribution in [3.8, 4) is 28.3 Å². The number of ether oxygens (including phenoxy) is 1. The molecule has 0 atom stereocenters. The highest BCUT2D eigenvalue weighted by atomic mass is 16.5. The second kappa shape index (κ2) is 10.3. The van der Waals surface area contributed by atoms with Crippen LogP contribution in [0.2, 0.25) is 0 Å². The molecule has 3 nitrogen and oxygen atoms in total. The van der Waals surface area contributed by atoms with Crippen LogP contribution < -0.4 is 13.9 Å². The number of pyridine rings is 2. The first-order valence-electron chi connectivity index (χ1n) is 15.1. The number of aromatic nitrogens is 2. The number of rotatable bonds is 3. The van der Waals surface area contributed by atoms with Crippen molar-refractivity contribution < 1.29 is 13.9 Å². The number of aryl methyl sites for hydroxylation is 4. The molecule has 0 N–H and O–H groups in total. The zero-order chi connectivity index (χ0) is 28.0. The fourth-order valence-electron chi connectivity index (χ4n) is 7.09. The molecular weight excluding hydrogens is 512 g/mol. The van der Waals surface area contributed by atoms with Gasteiger partial charge in [-0.2, -0.15) is 9.13 Å². The Labute approximate surface area is 247 Å². The summed E-state index contributed by atoms with van der Waals surface area (Å²) in [6.45, 7) is 2.08. The fraction of sp³-hybridized carbons (Fsp3) is 0.179. The molecule has 3 heteroatoms. The molecule has 42 heavy (non-hydrogen) atoms. The molecule has 6 aromatic rings. The highest BCUT2D eigenvalue weighted by molar-refractivity contribution is 5.94. The third kappa shape index (κ3) is 4.19. The van der Waals surface area contributed by atoms with Crippen LogP contribution in [-0.4, -0.2) is 7.11 Å². The number of para-hydroxylation sites is 1. The van der Waals surface area contributed by atoms with E-state index >= 15 is 0 Å². The molecule has 0 aliphatic carbocycles. The predicted octanol–water partition coefficient (Wildman–Crippen LogP) is 7.97. The first kappa shape index (κ1) is 25.0. The van der Waals surface area contributed by atoms with Crippen LogP contribution in [0.25, 0.3) is 56.3 Å². The molecule has 0 radical (unpaired) electrons. The molecule has 0 fully saturated rings. The third-order valence-electron chi connectivity index (χ3n) is 9.12. The van der Waals surface area contributed by atoms with E-state index in [1.165, 1.54) is 66.4 Å². The lowest BCUT2D eigenvalue weighted by Crippen LogP contribution is -2.37. The van der Waals surface area contributed by atoms with Gasteiger partial charge in [-0.15, -0.1) is 0 Å². The summed E-state index contributed by atoms with van der Waals surface area (Å²) >= 11 is 0. The standard InChI is InChI=1S/C39H34N2O/c1-42-33-20-19-30-24-27(13-15-31(30)25-33)14-16-32-26-37-39-29(9-7-23-41(37)35-11-3-2-10-34(32)35)18-17-28-8-6-22-40-21-5-4-12-36(40)38(28)39/h2-5,10-21,24-26H,6-9,22-23H2,1H3/q+2/b16-14+. The summed E-state index contributed by atoms with van der Waals surface area (Å²) in [5, 5.41) is 3.70. The van der Waals surface area contributed by atoms with Gasteiger partial charge in [0.1, 0.15) is 18.8 Å². The topological polar surface area (TPSA) is 17.0 Å². The molecule has 2 aliphatic rings. The van der Waals surface area contributed by atoms with Crippen LogP contribution >= 0.6 is 0 Å². The molecule has 4 aromatic carbocycles. The van der Waals surface area contributed by atoms with E-state index in [2.05, 4.69) is 118 Å². The average molecular weight is 547 g/mol. The van der Waals surface area contributed by atoms with Crippen molar-refractivity contribution >= 4 is 33.8 Å². The molecular formula is C39H34N2O+2. The first-order valence-corrected chi connectivity index (χ1v) is 15.1. The van der Waals surface area contributed by atoms with Gasteiger partial charge in [-0.3, -0.25) is 0 Å². The maximum absolute atomic E-state index is 5.42. The van der Waals surface area contributed by atoms with Crippen LogP contribution in [-0.2, 0) is 25.9 Å². The lowest BCUT2D eigenvalue weighted by Gasteiger charge is -2.15. The fourth-order valence-corrected chi connectivity index (χ4v) is 7.09. The number of benzene rings is 4. The van der Waals surface area contributed by atoms with Gasteiger partial charge in [0.15, 0.2) is 6.20 Å². The van der Waals surface area contributed by atoms with Gasteiger partial charge in [-0.25, -0.2) is 0 Å². The molecule has 0 bridgehead atoms. The molecule has 2 aromatic heterocycles. The van der Waals surface area contributed by atoms with Crippen molar-refractivity contribution in [2.45, 2.75) is 38.8 Å². The Balaban J connectivity index is 1.34. The Morgan fingerprint density at radius 2 is 1.43 bits per heavy atom. The lowest BCUT2D eigenvalue weighted by atomic mass is 9.88. The summed E-state index contributed by atoms with van der Waals surface area (Å²) in [4.78, 5) is 0. The van der Waals surface area contributed by atoms with Crippen molar-refractivity contribution in [3.63, 3.8) is 0 Å². The predicted molar refractivity (Wildman–Crippen MR) is 171 cm³/mol. The quantitative estimate of drug-likeness (QED) is 0.206. The van der Waals surface area contributed by atoms with Crippen LogP contribution in [0.1, 0.15) is 35.1 Å². The van der Waals surface area contributed by atoms with Crippen LogP contribution in [0.3, 0.4) is 0 Å². The second-order valence-electron chi connectivity index (χ2n) is 11.6. The highest BCUT2D eigenvalue weighted by Crippen LogP contribution is 2.40. The van der Waals surface area contributed by atoms with Gasteiger partial charge in [0.05, 0.1) is 23.6 Å². The van der Waals surface area contributed by atoms with E-state index < -0.39 is 0 Å². The Kier molecular flexibility index (Phi) is 6.10. The Hall–Kier alpha value is -4.76. The molecule has 2 aliphatic heterocycles. The Morgan fingerprint density at radius 3 is 2.31 bits per heavy atom. The van der Waals surface area contributed by atoms with Crippen molar-refractivity contribution in [1.82, 2.24) is 0 Å². The van der Waals surface area contributed by atoms with Crippen LogP contribution in [0.4, 0.5) is 0 Å². The van der Waals surface area contributed by atoms with Gasteiger partial charge in [-0.05, 0) is 76.2 Å². The van der Waals surface area contributed by atoms with E-state index in [-0.39, 0.29) is 0 Å². The summed E-state index contributed by atoms with van der Waals surface area (Å²) in [5.41, 5.74) is 12.2. The molecule has 0 amide bonds. The van der Waals surface area contributed by atoms with Crippen LogP contribution in [0.15, 0.2) is 103 Å². The monoisotopic (exact) mass is 546 g/mol. The van der Waals surface area contributed by atoms with Crippen molar-refractivity contribution in [1.29, 1.82) is 0 Å². The van der Waals surface area contributed by atoms with E-state index in [0.717, 1.165) is 44.5 Å². The van der Waals surface area contributed by atoms with Gasteiger partial charge < -0.3 is 4.74 Å². The third-order valence-corrected chi connectivity index (χ3v) is 9.12. The maximum Gasteiger partial charge on any atom is 0.214 e. The maximum atomic E-state index is 5.42. The lowest BCUT2D eigenvalue weighted by molar-refractivity contribution is -0.686.